The molecule has 0 aromatic carbocycles. The number of aliphatic hydroxyl groups is 1. The molecule has 18 heavy (non-hydrogen) atoms. The minimum absolute atomic E-state index is 0.0699. The molecule has 1 aliphatic carbocycles. The van der Waals surface area contributed by atoms with Gasteiger partial charge in [0.1, 0.15) is 0 Å². The van der Waals surface area contributed by atoms with Crippen molar-refractivity contribution in [2.45, 2.75) is 50.5 Å². The molecule has 1 heterocycles. The number of carbonyl (C=O) groups excluding carboxylic acids is 1. The van der Waals surface area contributed by atoms with Gasteiger partial charge in [0.05, 0.1) is 12.0 Å². The molecular formula is C13H21NO4. The first-order valence-corrected chi connectivity index (χ1v) is 6.73. The maximum Gasteiger partial charge on any atom is 0.303 e. The van der Waals surface area contributed by atoms with E-state index in [1.165, 1.54) is 0 Å². The third-order valence-corrected chi connectivity index (χ3v) is 4.33. The van der Waals surface area contributed by atoms with Crippen molar-refractivity contribution in [2.24, 2.45) is 5.92 Å². The SMILES string of the molecule is O=C(O)CCC(=O)N1CCC2(O)CCCCC2C1. The molecule has 1 saturated heterocycles. The highest BCUT2D eigenvalue weighted by Crippen LogP contribution is 2.39. The van der Waals surface area contributed by atoms with Gasteiger partial charge < -0.3 is 15.1 Å². The highest BCUT2D eigenvalue weighted by molar-refractivity contribution is 5.80. The van der Waals surface area contributed by atoms with Crippen LogP contribution in [0.3, 0.4) is 0 Å². The average molecular weight is 255 g/mol. The van der Waals surface area contributed by atoms with Crippen LogP contribution in [0.15, 0.2) is 0 Å². The summed E-state index contributed by atoms with van der Waals surface area (Å²) in [4.78, 5) is 24.0. The number of fused-ring (bicyclic) bond motifs is 1. The Morgan fingerprint density at radius 2 is 2.00 bits per heavy atom. The van der Waals surface area contributed by atoms with Crippen LogP contribution in [0.25, 0.3) is 0 Å². The van der Waals surface area contributed by atoms with Gasteiger partial charge in [-0.2, -0.15) is 0 Å². The maximum atomic E-state index is 11.9. The number of hydrogen-bond donors (Lipinski definition) is 2. The molecule has 2 unspecified atom stereocenters. The Bertz CT molecular complexity index is 344. The lowest BCUT2D eigenvalue weighted by atomic mass is 9.71. The van der Waals surface area contributed by atoms with E-state index in [9.17, 15) is 14.7 Å². The number of aliphatic carboxylic acids is 1. The van der Waals surface area contributed by atoms with Crippen molar-refractivity contribution in [3.05, 3.63) is 0 Å². The van der Waals surface area contributed by atoms with Gasteiger partial charge in [-0.3, -0.25) is 9.59 Å². The number of hydrogen-bond acceptors (Lipinski definition) is 3. The predicted molar refractivity (Wildman–Crippen MR) is 65.0 cm³/mol. The molecule has 2 atom stereocenters. The molecule has 2 aliphatic rings. The number of carboxylic acid groups (broad SMARTS) is 1. The summed E-state index contributed by atoms with van der Waals surface area (Å²) in [7, 11) is 0. The van der Waals surface area contributed by atoms with E-state index in [2.05, 4.69) is 0 Å². The molecule has 2 fully saturated rings. The summed E-state index contributed by atoms with van der Waals surface area (Å²) in [6.45, 7) is 1.15. The Morgan fingerprint density at radius 3 is 2.72 bits per heavy atom. The summed E-state index contributed by atoms with van der Waals surface area (Å²) in [5.41, 5.74) is -0.582. The lowest BCUT2D eigenvalue weighted by Crippen LogP contribution is -2.54. The van der Waals surface area contributed by atoms with Crippen molar-refractivity contribution < 1.29 is 19.8 Å². The van der Waals surface area contributed by atoms with Crippen LogP contribution in [0, 0.1) is 5.92 Å². The molecule has 2 N–H and O–H groups in total. The van der Waals surface area contributed by atoms with Crippen LogP contribution in [0.4, 0.5) is 0 Å². The third-order valence-electron chi connectivity index (χ3n) is 4.33. The zero-order valence-electron chi connectivity index (χ0n) is 10.6. The molecule has 0 bridgehead atoms. The summed E-state index contributed by atoms with van der Waals surface area (Å²) in [6.07, 6.45) is 4.60. The summed E-state index contributed by atoms with van der Waals surface area (Å²) < 4.78 is 0. The van der Waals surface area contributed by atoms with E-state index in [1.807, 2.05) is 0 Å². The van der Waals surface area contributed by atoms with Crippen molar-refractivity contribution in [1.82, 2.24) is 4.90 Å². The van der Waals surface area contributed by atoms with E-state index < -0.39 is 11.6 Å². The highest BCUT2D eigenvalue weighted by atomic mass is 16.4. The van der Waals surface area contributed by atoms with Gasteiger partial charge in [-0.05, 0) is 19.3 Å². The van der Waals surface area contributed by atoms with Gasteiger partial charge in [-0.15, -0.1) is 0 Å². The molecule has 1 saturated carbocycles. The number of nitrogens with zero attached hydrogens (tertiary/aromatic N) is 1. The molecule has 1 amide bonds. The topological polar surface area (TPSA) is 77.8 Å². The van der Waals surface area contributed by atoms with E-state index in [4.69, 9.17) is 5.11 Å². The van der Waals surface area contributed by atoms with Gasteiger partial charge in [0.15, 0.2) is 0 Å². The van der Waals surface area contributed by atoms with Gasteiger partial charge in [0, 0.05) is 25.4 Å². The zero-order chi connectivity index (χ0) is 13.2. The molecule has 0 radical (unpaired) electrons. The largest absolute Gasteiger partial charge is 0.481 e. The molecule has 2 rings (SSSR count). The first-order valence-electron chi connectivity index (χ1n) is 6.73. The molecular weight excluding hydrogens is 234 g/mol. The average Bonchev–Trinajstić information content (AvgIpc) is 2.34. The Kier molecular flexibility index (Phi) is 3.90. The summed E-state index contributed by atoms with van der Waals surface area (Å²) in [5, 5.41) is 19.1. The minimum atomic E-state index is -0.936. The predicted octanol–water partition coefficient (Wildman–Crippen LogP) is 1.00. The quantitative estimate of drug-likeness (QED) is 0.788. The van der Waals surface area contributed by atoms with Crippen molar-refractivity contribution >= 4 is 11.9 Å². The Hall–Kier alpha value is -1.10. The van der Waals surface area contributed by atoms with Crippen molar-refractivity contribution in [2.75, 3.05) is 13.1 Å². The molecule has 5 nitrogen and oxygen atoms in total. The number of amides is 1. The number of carbonyl (C=O) groups is 2. The van der Waals surface area contributed by atoms with Gasteiger partial charge in [0.25, 0.3) is 0 Å². The molecule has 102 valence electrons. The van der Waals surface area contributed by atoms with Crippen LogP contribution in [0.5, 0.6) is 0 Å². The van der Waals surface area contributed by atoms with Crippen LogP contribution in [-0.2, 0) is 9.59 Å². The Labute approximate surface area is 107 Å². The van der Waals surface area contributed by atoms with Gasteiger partial charge >= 0.3 is 5.97 Å². The molecule has 0 aromatic heterocycles. The summed E-state index contributed by atoms with van der Waals surface area (Å²) in [5.74, 6) is -0.853. The zero-order valence-corrected chi connectivity index (χ0v) is 10.6. The van der Waals surface area contributed by atoms with Crippen molar-refractivity contribution in [3.8, 4) is 0 Å². The first kappa shape index (κ1) is 13.3. The van der Waals surface area contributed by atoms with Crippen LogP contribution >= 0.6 is 0 Å². The van der Waals surface area contributed by atoms with Crippen molar-refractivity contribution in [1.29, 1.82) is 0 Å². The van der Waals surface area contributed by atoms with Crippen LogP contribution in [0.2, 0.25) is 0 Å². The normalized spacial score (nSPS) is 31.8. The van der Waals surface area contributed by atoms with Crippen LogP contribution in [-0.4, -0.2) is 45.7 Å². The molecule has 0 aromatic rings. The van der Waals surface area contributed by atoms with Crippen LogP contribution < -0.4 is 0 Å². The fourth-order valence-electron chi connectivity index (χ4n) is 3.17. The van der Waals surface area contributed by atoms with E-state index in [0.717, 1.165) is 25.7 Å². The fraction of sp³-hybridized carbons (Fsp3) is 0.846. The Balaban J connectivity index is 1.90. The monoisotopic (exact) mass is 255 g/mol. The van der Waals surface area contributed by atoms with E-state index in [0.29, 0.717) is 19.5 Å². The van der Waals surface area contributed by atoms with Crippen molar-refractivity contribution in [3.63, 3.8) is 0 Å². The second-order valence-electron chi connectivity index (χ2n) is 5.53. The number of likely N-dealkylation sites (tertiary alicyclic amines) is 1. The number of rotatable bonds is 3. The number of carboxylic acids is 1. The molecule has 5 heteroatoms. The third kappa shape index (κ3) is 2.83. The van der Waals surface area contributed by atoms with E-state index in [1.54, 1.807) is 4.90 Å². The minimum Gasteiger partial charge on any atom is -0.481 e. The Morgan fingerprint density at radius 1 is 1.22 bits per heavy atom. The van der Waals surface area contributed by atoms with Crippen LogP contribution in [0.1, 0.15) is 44.9 Å². The summed E-state index contributed by atoms with van der Waals surface area (Å²) in [6, 6.07) is 0. The molecule has 1 aliphatic heterocycles. The second kappa shape index (κ2) is 5.26. The van der Waals surface area contributed by atoms with Gasteiger partial charge in [-0.1, -0.05) is 12.8 Å². The highest BCUT2D eigenvalue weighted by Gasteiger charge is 2.43. The van der Waals surface area contributed by atoms with E-state index >= 15 is 0 Å². The first-order chi connectivity index (χ1) is 8.51. The molecule has 0 spiro atoms. The maximum absolute atomic E-state index is 11.9. The summed E-state index contributed by atoms with van der Waals surface area (Å²) >= 11 is 0. The van der Waals surface area contributed by atoms with E-state index in [-0.39, 0.29) is 24.7 Å². The lowest BCUT2D eigenvalue weighted by Gasteiger charge is -2.47. The smallest absolute Gasteiger partial charge is 0.303 e. The van der Waals surface area contributed by atoms with Gasteiger partial charge in [0.2, 0.25) is 5.91 Å². The second-order valence-corrected chi connectivity index (χ2v) is 5.53. The number of piperidine rings is 1. The lowest BCUT2D eigenvalue weighted by molar-refractivity contribution is -0.147. The van der Waals surface area contributed by atoms with Gasteiger partial charge in [-0.25, -0.2) is 0 Å². The fourth-order valence-corrected chi connectivity index (χ4v) is 3.17. The standard InChI is InChI=1S/C13H21NO4/c15-11(4-5-12(16)17)14-8-7-13(18)6-2-1-3-10(13)9-14/h10,18H,1-9H2,(H,16,17).